The van der Waals surface area contributed by atoms with Gasteiger partial charge in [-0.3, -0.25) is 9.30 Å². The van der Waals surface area contributed by atoms with Crippen molar-refractivity contribution in [1.82, 2.24) is 19.5 Å². The SMILES string of the molecule is C[C@H]1CC[C@@H](c2nnc3ccc(F)cn23)N1C(=O)OC(C)(C)C. The van der Waals surface area contributed by atoms with Crippen LogP contribution < -0.4 is 0 Å². The normalized spacial score (nSPS) is 21.9. The Morgan fingerprint density at radius 3 is 2.74 bits per heavy atom. The number of carbonyl (C=O) groups is 1. The first-order chi connectivity index (χ1) is 10.8. The van der Waals surface area contributed by atoms with E-state index < -0.39 is 5.60 Å². The summed E-state index contributed by atoms with van der Waals surface area (Å²) in [5.41, 5.74) is -0.00624. The summed E-state index contributed by atoms with van der Waals surface area (Å²) in [6, 6.07) is 2.69. The van der Waals surface area contributed by atoms with Gasteiger partial charge in [-0.25, -0.2) is 9.18 Å². The number of nitrogens with zero attached hydrogens (tertiary/aromatic N) is 4. The second-order valence-corrected chi connectivity index (χ2v) is 6.96. The summed E-state index contributed by atoms with van der Waals surface area (Å²) in [6.07, 6.45) is 2.56. The lowest BCUT2D eigenvalue weighted by molar-refractivity contribution is 0.0150. The predicted molar refractivity (Wildman–Crippen MR) is 82.5 cm³/mol. The quantitative estimate of drug-likeness (QED) is 0.808. The van der Waals surface area contributed by atoms with E-state index in [2.05, 4.69) is 10.2 Å². The highest BCUT2D eigenvalue weighted by atomic mass is 19.1. The van der Waals surface area contributed by atoms with Crippen molar-refractivity contribution in [3.05, 3.63) is 30.0 Å². The van der Waals surface area contributed by atoms with E-state index in [-0.39, 0.29) is 24.0 Å². The number of pyridine rings is 1. The number of rotatable bonds is 1. The zero-order valence-electron chi connectivity index (χ0n) is 13.8. The molecule has 124 valence electrons. The Labute approximate surface area is 134 Å². The molecule has 2 atom stereocenters. The maximum absolute atomic E-state index is 13.6. The first-order valence-electron chi connectivity index (χ1n) is 7.78. The molecule has 1 fully saturated rings. The van der Waals surface area contributed by atoms with Crippen molar-refractivity contribution in [2.24, 2.45) is 0 Å². The van der Waals surface area contributed by atoms with Gasteiger partial charge in [0.05, 0.1) is 6.04 Å². The molecular weight excluding hydrogens is 299 g/mol. The molecule has 3 rings (SSSR count). The third-order valence-electron chi connectivity index (χ3n) is 3.96. The van der Waals surface area contributed by atoms with Crippen LogP contribution in [0.2, 0.25) is 0 Å². The minimum absolute atomic E-state index is 0.0377. The fourth-order valence-corrected chi connectivity index (χ4v) is 2.97. The number of halogens is 1. The van der Waals surface area contributed by atoms with Gasteiger partial charge in [0.1, 0.15) is 11.4 Å². The molecule has 3 heterocycles. The summed E-state index contributed by atoms with van der Waals surface area (Å²) >= 11 is 0. The molecule has 2 aromatic rings. The standard InChI is InChI=1S/C16H21FN4O2/c1-10-5-7-12(21(10)15(22)23-16(2,3)4)14-19-18-13-8-6-11(17)9-20(13)14/h6,8-10,12H,5,7H2,1-4H3/t10-,12-/m0/s1. The smallest absolute Gasteiger partial charge is 0.411 e. The number of aromatic nitrogens is 3. The van der Waals surface area contributed by atoms with Crippen LogP contribution in [0.3, 0.4) is 0 Å². The molecule has 1 saturated heterocycles. The number of hydrogen-bond donors (Lipinski definition) is 0. The van der Waals surface area contributed by atoms with Gasteiger partial charge in [-0.15, -0.1) is 10.2 Å². The number of amides is 1. The number of likely N-dealkylation sites (tertiary alicyclic amines) is 1. The van der Waals surface area contributed by atoms with Gasteiger partial charge in [-0.05, 0) is 52.7 Å². The first-order valence-corrected chi connectivity index (χ1v) is 7.78. The topological polar surface area (TPSA) is 59.7 Å². The van der Waals surface area contributed by atoms with Crippen LogP contribution in [0.25, 0.3) is 5.65 Å². The van der Waals surface area contributed by atoms with Crippen LogP contribution in [0.15, 0.2) is 18.3 Å². The van der Waals surface area contributed by atoms with Crippen molar-refractivity contribution < 1.29 is 13.9 Å². The van der Waals surface area contributed by atoms with Crippen molar-refractivity contribution in [1.29, 1.82) is 0 Å². The van der Waals surface area contributed by atoms with Gasteiger partial charge in [0.25, 0.3) is 0 Å². The maximum atomic E-state index is 13.6. The fraction of sp³-hybridized carbons (Fsp3) is 0.562. The molecule has 0 saturated carbocycles. The molecule has 0 unspecified atom stereocenters. The minimum Gasteiger partial charge on any atom is -0.444 e. The fourth-order valence-electron chi connectivity index (χ4n) is 2.97. The van der Waals surface area contributed by atoms with E-state index in [9.17, 15) is 9.18 Å². The molecule has 0 spiro atoms. The van der Waals surface area contributed by atoms with E-state index >= 15 is 0 Å². The van der Waals surface area contributed by atoms with Gasteiger partial charge in [0.15, 0.2) is 11.5 Å². The van der Waals surface area contributed by atoms with Crippen molar-refractivity contribution in [2.45, 2.75) is 58.2 Å². The molecule has 7 heteroatoms. The Hall–Kier alpha value is -2.18. The summed E-state index contributed by atoms with van der Waals surface area (Å²) in [4.78, 5) is 14.2. The second-order valence-electron chi connectivity index (χ2n) is 6.96. The number of fused-ring (bicyclic) bond motifs is 1. The first kappa shape index (κ1) is 15.7. The summed E-state index contributed by atoms with van der Waals surface area (Å²) in [5.74, 6) is 0.197. The zero-order valence-corrected chi connectivity index (χ0v) is 13.8. The van der Waals surface area contributed by atoms with Gasteiger partial charge in [0.2, 0.25) is 0 Å². The van der Waals surface area contributed by atoms with E-state index in [4.69, 9.17) is 4.74 Å². The third-order valence-corrected chi connectivity index (χ3v) is 3.96. The molecule has 0 aliphatic carbocycles. The van der Waals surface area contributed by atoms with E-state index in [1.54, 1.807) is 15.4 Å². The lowest BCUT2D eigenvalue weighted by atomic mass is 10.2. The Bertz CT molecular complexity index is 737. The Kier molecular flexibility index (Phi) is 3.74. The molecule has 1 aliphatic heterocycles. The van der Waals surface area contributed by atoms with Crippen LogP contribution in [-0.4, -0.2) is 37.2 Å². The monoisotopic (exact) mass is 320 g/mol. The Morgan fingerprint density at radius 1 is 1.30 bits per heavy atom. The predicted octanol–water partition coefficient (Wildman–Crippen LogP) is 3.33. The average Bonchev–Trinajstić information content (AvgIpc) is 2.99. The molecule has 0 radical (unpaired) electrons. The van der Waals surface area contributed by atoms with E-state index in [0.29, 0.717) is 11.5 Å². The van der Waals surface area contributed by atoms with Gasteiger partial charge in [0, 0.05) is 12.2 Å². The largest absolute Gasteiger partial charge is 0.444 e. The highest BCUT2D eigenvalue weighted by Crippen LogP contribution is 2.36. The third kappa shape index (κ3) is 3.00. The van der Waals surface area contributed by atoms with Crippen LogP contribution in [-0.2, 0) is 4.74 Å². The van der Waals surface area contributed by atoms with Gasteiger partial charge in [-0.1, -0.05) is 0 Å². The van der Waals surface area contributed by atoms with Crippen LogP contribution in [0.1, 0.15) is 52.4 Å². The van der Waals surface area contributed by atoms with E-state index in [1.165, 1.54) is 12.3 Å². The highest BCUT2D eigenvalue weighted by molar-refractivity contribution is 5.69. The number of hydrogen-bond acceptors (Lipinski definition) is 4. The van der Waals surface area contributed by atoms with Gasteiger partial charge in [-0.2, -0.15) is 0 Å². The summed E-state index contributed by atoms with van der Waals surface area (Å²) in [5, 5.41) is 8.24. The maximum Gasteiger partial charge on any atom is 0.411 e. The van der Waals surface area contributed by atoms with Crippen LogP contribution in [0.5, 0.6) is 0 Å². The minimum atomic E-state index is -0.567. The molecule has 0 bridgehead atoms. The van der Waals surface area contributed by atoms with Crippen molar-refractivity contribution in [2.75, 3.05) is 0 Å². The van der Waals surface area contributed by atoms with Crippen LogP contribution >= 0.6 is 0 Å². The Morgan fingerprint density at radius 2 is 2.04 bits per heavy atom. The van der Waals surface area contributed by atoms with Crippen LogP contribution in [0.4, 0.5) is 9.18 Å². The number of ether oxygens (including phenoxy) is 1. The summed E-state index contributed by atoms with van der Waals surface area (Å²) in [7, 11) is 0. The van der Waals surface area contributed by atoms with Crippen LogP contribution in [0, 0.1) is 5.82 Å². The van der Waals surface area contributed by atoms with Crippen molar-refractivity contribution in [3.63, 3.8) is 0 Å². The lowest BCUT2D eigenvalue weighted by Gasteiger charge is -2.30. The molecule has 2 aromatic heterocycles. The molecule has 1 aliphatic rings. The molecule has 1 amide bonds. The average molecular weight is 320 g/mol. The highest BCUT2D eigenvalue weighted by Gasteiger charge is 2.40. The molecule has 0 N–H and O–H groups in total. The van der Waals surface area contributed by atoms with Gasteiger partial charge >= 0.3 is 6.09 Å². The number of carbonyl (C=O) groups excluding carboxylic acids is 1. The van der Waals surface area contributed by atoms with Crippen molar-refractivity contribution >= 4 is 11.7 Å². The van der Waals surface area contributed by atoms with E-state index in [1.807, 2.05) is 27.7 Å². The molecular formula is C16H21FN4O2. The van der Waals surface area contributed by atoms with Crippen molar-refractivity contribution in [3.8, 4) is 0 Å². The Balaban J connectivity index is 1.96. The lowest BCUT2D eigenvalue weighted by Crippen LogP contribution is -2.40. The molecule has 6 nitrogen and oxygen atoms in total. The summed E-state index contributed by atoms with van der Waals surface area (Å²) < 4.78 is 20.7. The molecule has 23 heavy (non-hydrogen) atoms. The molecule has 0 aromatic carbocycles. The summed E-state index contributed by atoms with van der Waals surface area (Å²) in [6.45, 7) is 7.49. The van der Waals surface area contributed by atoms with Gasteiger partial charge < -0.3 is 4.74 Å². The second kappa shape index (κ2) is 5.47. The van der Waals surface area contributed by atoms with E-state index in [0.717, 1.165) is 12.8 Å². The zero-order chi connectivity index (χ0) is 16.8.